The first-order valence-corrected chi connectivity index (χ1v) is 12.4. The van der Waals surface area contributed by atoms with E-state index in [9.17, 15) is 0 Å². The standard InChI is InChI=1S/C19H40N4S2/c1-6-15-20-11-13-22(18(9-4)24-15)17(8-3)23-14-12-21-16(7-2)25-19(23)10-5/h15-21H,6-14H2,1-5H3. The summed E-state index contributed by atoms with van der Waals surface area (Å²) in [7, 11) is 0. The van der Waals surface area contributed by atoms with Gasteiger partial charge in [0, 0.05) is 26.2 Å². The number of thioether (sulfide) groups is 2. The van der Waals surface area contributed by atoms with Gasteiger partial charge in [0.15, 0.2) is 0 Å². The van der Waals surface area contributed by atoms with Crippen molar-refractivity contribution in [3.8, 4) is 0 Å². The van der Waals surface area contributed by atoms with Crippen molar-refractivity contribution in [2.75, 3.05) is 26.2 Å². The molecule has 0 aromatic heterocycles. The Bertz CT molecular complexity index is 339. The minimum Gasteiger partial charge on any atom is -0.304 e. The van der Waals surface area contributed by atoms with Crippen molar-refractivity contribution >= 4 is 23.5 Å². The maximum absolute atomic E-state index is 3.75. The minimum atomic E-state index is 0.560. The molecule has 4 nitrogen and oxygen atoms in total. The van der Waals surface area contributed by atoms with Crippen LogP contribution in [-0.4, -0.2) is 63.6 Å². The molecule has 2 heterocycles. The van der Waals surface area contributed by atoms with Gasteiger partial charge in [-0.3, -0.25) is 9.80 Å². The second-order valence-corrected chi connectivity index (χ2v) is 9.84. The first-order valence-electron chi connectivity index (χ1n) is 10.5. The number of nitrogens with one attached hydrogen (secondary N) is 2. The van der Waals surface area contributed by atoms with Crippen LogP contribution in [0, 0.1) is 0 Å². The average molecular weight is 389 g/mol. The Morgan fingerprint density at radius 3 is 1.52 bits per heavy atom. The van der Waals surface area contributed by atoms with Crippen molar-refractivity contribution in [3.63, 3.8) is 0 Å². The van der Waals surface area contributed by atoms with Crippen LogP contribution in [0.1, 0.15) is 66.7 Å². The first-order chi connectivity index (χ1) is 12.2. The lowest BCUT2D eigenvalue weighted by Gasteiger charge is -2.44. The summed E-state index contributed by atoms with van der Waals surface area (Å²) in [5, 5.41) is 9.97. The van der Waals surface area contributed by atoms with Crippen LogP contribution < -0.4 is 10.6 Å². The van der Waals surface area contributed by atoms with E-state index in [1.54, 1.807) is 0 Å². The fraction of sp³-hybridized carbons (Fsp3) is 1.00. The second-order valence-electron chi connectivity index (χ2n) is 7.06. The lowest BCUT2D eigenvalue weighted by atomic mass is 10.2. The zero-order valence-corrected chi connectivity index (χ0v) is 18.6. The van der Waals surface area contributed by atoms with Gasteiger partial charge in [-0.25, -0.2) is 0 Å². The SMILES string of the molecule is CCC1NCCN(C(CC)N2CCNC(CC)SC2CC)C(CC)S1. The Hall–Kier alpha value is 0.540. The van der Waals surface area contributed by atoms with Gasteiger partial charge in [-0.1, -0.05) is 34.6 Å². The van der Waals surface area contributed by atoms with Crippen molar-refractivity contribution in [2.24, 2.45) is 0 Å². The van der Waals surface area contributed by atoms with E-state index in [0.717, 1.165) is 13.1 Å². The van der Waals surface area contributed by atoms with Gasteiger partial charge >= 0.3 is 0 Å². The van der Waals surface area contributed by atoms with Crippen LogP contribution in [0.4, 0.5) is 0 Å². The highest BCUT2D eigenvalue weighted by molar-refractivity contribution is 8.00. The fourth-order valence-electron chi connectivity index (χ4n) is 4.11. The topological polar surface area (TPSA) is 30.5 Å². The monoisotopic (exact) mass is 388 g/mol. The van der Waals surface area contributed by atoms with E-state index >= 15 is 0 Å². The summed E-state index contributed by atoms with van der Waals surface area (Å²) in [4.78, 5) is 5.62. The van der Waals surface area contributed by atoms with Gasteiger partial charge in [0.25, 0.3) is 0 Å². The Morgan fingerprint density at radius 2 is 1.20 bits per heavy atom. The molecule has 0 aromatic rings. The van der Waals surface area contributed by atoms with E-state index in [2.05, 4.69) is 78.6 Å². The molecule has 0 radical (unpaired) electrons. The van der Waals surface area contributed by atoms with Gasteiger partial charge in [0.05, 0.1) is 27.7 Å². The Balaban J connectivity index is 2.17. The van der Waals surface area contributed by atoms with E-state index in [-0.39, 0.29) is 0 Å². The molecule has 0 amide bonds. The van der Waals surface area contributed by atoms with Crippen LogP contribution in [-0.2, 0) is 0 Å². The molecule has 2 rings (SSSR count). The minimum absolute atomic E-state index is 0.560. The first kappa shape index (κ1) is 21.8. The second kappa shape index (κ2) is 11.4. The zero-order chi connectivity index (χ0) is 18.2. The summed E-state index contributed by atoms with van der Waals surface area (Å²) >= 11 is 4.31. The lowest BCUT2D eigenvalue weighted by Crippen LogP contribution is -2.55. The summed E-state index contributed by atoms with van der Waals surface area (Å²) in [6.45, 7) is 16.3. The van der Waals surface area contributed by atoms with Gasteiger partial charge in [0.1, 0.15) is 0 Å². The molecule has 2 N–H and O–H groups in total. The third kappa shape index (κ3) is 5.76. The highest BCUT2D eigenvalue weighted by Crippen LogP contribution is 2.34. The molecular weight excluding hydrogens is 348 g/mol. The zero-order valence-electron chi connectivity index (χ0n) is 17.0. The lowest BCUT2D eigenvalue weighted by molar-refractivity contribution is 0.0256. The van der Waals surface area contributed by atoms with Crippen LogP contribution in [0.2, 0.25) is 0 Å². The molecule has 4 atom stereocenters. The number of hydrogen-bond donors (Lipinski definition) is 2. The number of hydrogen-bond acceptors (Lipinski definition) is 6. The third-order valence-corrected chi connectivity index (χ3v) is 8.93. The highest BCUT2D eigenvalue weighted by Gasteiger charge is 2.36. The predicted molar refractivity (Wildman–Crippen MR) is 115 cm³/mol. The van der Waals surface area contributed by atoms with E-state index in [1.165, 1.54) is 45.2 Å². The summed E-state index contributed by atoms with van der Waals surface area (Å²) in [5.74, 6) is 0. The molecule has 2 saturated heterocycles. The summed E-state index contributed by atoms with van der Waals surface area (Å²) in [5.41, 5.74) is 0. The third-order valence-electron chi connectivity index (χ3n) is 5.44. The molecular formula is C19H40N4S2. The van der Waals surface area contributed by atoms with Gasteiger partial charge < -0.3 is 10.6 Å². The molecule has 148 valence electrons. The van der Waals surface area contributed by atoms with Crippen LogP contribution in [0.3, 0.4) is 0 Å². The summed E-state index contributed by atoms with van der Waals surface area (Å²) in [6.07, 6.45) is 6.65. The fourth-order valence-corrected chi connectivity index (χ4v) is 6.87. The smallest absolute Gasteiger partial charge is 0.0639 e. The molecule has 25 heavy (non-hydrogen) atoms. The van der Waals surface area contributed by atoms with Crippen LogP contribution in [0.25, 0.3) is 0 Å². The Labute approximate surface area is 164 Å². The van der Waals surface area contributed by atoms with Crippen LogP contribution >= 0.6 is 23.5 Å². The molecule has 4 unspecified atom stereocenters. The number of rotatable bonds is 7. The Kier molecular flexibility index (Phi) is 9.96. The van der Waals surface area contributed by atoms with Gasteiger partial charge in [0.2, 0.25) is 0 Å². The predicted octanol–water partition coefficient (Wildman–Crippen LogP) is 3.94. The molecule has 0 aromatic carbocycles. The molecule has 2 aliphatic rings. The van der Waals surface area contributed by atoms with Crippen LogP contribution in [0.5, 0.6) is 0 Å². The molecule has 0 spiro atoms. The molecule has 2 aliphatic heterocycles. The maximum atomic E-state index is 3.75. The maximum Gasteiger partial charge on any atom is 0.0639 e. The molecule has 0 bridgehead atoms. The van der Waals surface area contributed by atoms with Crippen molar-refractivity contribution in [1.29, 1.82) is 0 Å². The van der Waals surface area contributed by atoms with Gasteiger partial charge in [-0.05, 0) is 32.1 Å². The van der Waals surface area contributed by atoms with E-state index < -0.39 is 0 Å². The van der Waals surface area contributed by atoms with E-state index in [4.69, 9.17) is 0 Å². The highest BCUT2D eigenvalue weighted by atomic mass is 32.2. The van der Waals surface area contributed by atoms with Crippen molar-refractivity contribution in [1.82, 2.24) is 20.4 Å². The van der Waals surface area contributed by atoms with E-state index in [0.29, 0.717) is 27.7 Å². The molecule has 0 saturated carbocycles. The van der Waals surface area contributed by atoms with E-state index in [1.807, 2.05) is 0 Å². The van der Waals surface area contributed by atoms with Crippen molar-refractivity contribution in [2.45, 2.75) is 94.4 Å². The molecule has 6 heteroatoms. The summed E-state index contributed by atoms with van der Waals surface area (Å²) in [6, 6.07) is 0. The number of nitrogens with zero attached hydrogens (tertiary/aromatic N) is 2. The normalized spacial score (nSPS) is 34.4. The Morgan fingerprint density at radius 1 is 0.760 bits per heavy atom. The average Bonchev–Trinajstić information content (AvgIpc) is 2.98. The van der Waals surface area contributed by atoms with Crippen molar-refractivity contribution < 1.29 is 0 Å². The van der Waals surface area contributed by atoms with Gasteiger partial charge in [-0.15, -0.1) is 23.5 Å². The summed E-state index contributed by atoms with van der Waals surface area (Å²) < 4.78 is 0. The van der Waals surface area contributed by atoms with Crippen LogP contribution in [0.15, 0.2) is 0 Å². The molecule has 0 aliphatic carbocycles. The quantitative estimate of drug-likeness (QED) is 0.687. The molecule has 2 fully saturated rings. The largest absolute Gasteiger partial charge is 0.304 e. The van der Waals surface area contributed by atoms with Gasteiger partial charge in [-0.2, -0.15) is 0 Å². The van der Waals surface area contributed by atoms with Crippen molar-refractivity contribution in [3.05, 3.63) is 0 Å².